The molecule has 0 bridgehead atoms. The first-order valence-electron chi connectivity index (χ1n) is 5.67. The molecular weight excluding hydrogens is 278 g/mol. The minimum Gasteiger partial charge on any atom is -0.399 e. The normalized spacial score (nSPS) is 13.4. The molecule has 0 saturated heterocycles. The summed E-state index contributed by atoms with van der Waals surface area (Å²) in [6.07, 6.45) is -5.43. The Labute approximate surface area is 111 Å². The van der Waals surface area contributed by atoms with Gasteiger partial charge >= 0.3 is 6.18 Å². The van der Waals surface area contributed by atoms with Crippen molar-refractivity contribution in [3.63, 3.8) is 0 Å². The Hall–Kier alpha value is -2.19. The molecule has 20 heavy (non-hydrogen) atoms. The molecule has 0 fully saturated rings. The van der Waals surface area contributed by atoms with Crippen LogP contribution in [-0.2, 0) is 0 Å². The highest BCUT2D eigenvalue weighted by molar-refractivity contribution is 5.61. The molecule has 1 heterocycles. The van der Waals surface area contributed by atoms with Crippen molar-refractivity contribution in [2.45, 2.75) is 25.6 Å². The van der Waals surface area contributed by atoms with E-state index < -0.39 is 24.5 Å². The average molecular weight is 289 g/mol. The number of hydrogen-bond acceptors (Lipinski definition) is 4. The highest BCUT2D eigenvalue weighted by Gasteiger charge is 2.32. The van der Waals surface area contributed by atoms with E-state index in [2.05, 4.69) is 15.5 Å². The van der Waals surface area contributed by atoms with Gasteiger partial charge in [-0.15, -0.1) is 5.10 Å². The van der Waals surface area contributed by atoms with Gasteiger partial charge in [0, 0.05) is 11.3 Å². The third-order valence-corrected chi connectivity index (χ3v) is 2.62. The van der Waals surface area contributed by atoms with E-state index in [9.17, 15) is 17.6 Å². The number of halogens is 4. The largest absolute Gasteiger partial charge is 0.399 e. The second-order valence-electron chi connectivity index (χ2n) is 4.39. The van der Waals surface area contributed by atoms with E-state index in [0.717, 1.165) is 16.8 Å². The van der Waals surface area contributed by atoms with Crippen LogP contribution < -0.4 is 5.73 Å². The minimum absolute atomic E-state index is 0.0351. The molecule has 0 radical (unpaired) electrons. The van der Waals surface area contributed by atoms with E-state index >= 15 is 0 Å². The van der Waals surface area contributed by atoms with Crippen LogP contribution in [0, 0.1) is 5.82 Å². The van der Waals surface area contributed by atoms with Crippen LogP contribution in [0.4, 0.5) is 23.2 Å². The zero-order valence-electron chi connectivity index (χ0n) is 10.4. The van der Waals surface area contributed by atoms with Gasteiger partial charge in [-0.3, -0.25) is 0 Å². The highest BCUT2D eigenvalue weighted by Crippen LogP contribution is 2.30. The standard InChI is InChI=1S/C11H11F4N5/c1-6(5-11(13,14)15)20-10(17-18-19-20)7-2-8(12)4-9(16)3-7/h2-4,6H,5,16H2,1H3. The number of anilines is 1. The average Bonchev–Trinajstić information content (AvgIpc) is 2.73. The quantitative estimate of drug-likeness (QED) is 0.696. The van der Waals surface area contributed by atoms with Crippen molar-refractivity contribution in [1.82, 2.24) is 20.2 Å². The Kier molecular flexibility index (Phi) is 3.60. The van der Waals surface area contributed by atoms with Crippen molar-refractivity contribution in [1.29, 1.82) is 0 Å². The minimum atomic E-state index is -4.34. The predicted molar refractivity (Wildman–Crippen MR) is 63.0 cm³/mol. The first-order valence-corrected chi connectivity index (χ1v) is 5.67. The van der Waals surface area contributed by atoms with Gasteiger partial charge in [-0.05, 0) is 35.5 Å². The maximum absolute atomic E-state index is 13.3. The van der Waals surface area contributed by atoms with Crippen molar-refractivity contribution in [3.05, 3.63) is 24.0 Å². The van der Waals surface area contributed by atoms with Crippen LogP contribution in [0.15, 0.2) is 18.2 Å². The second-order valence-corrected chi connectivity index (χ2v) is 4.39. The lowest BCUT2D eigenvalue weighted by Crippen LogP contribution is -2.18. The van der Waals surface area contributed by atoms with E-state index in [4.69, 9.17) is 5.73 Å². The molecule has 1 unspecified atom stereocenters. The molecule has 1 aromatic heterocycles. The Morgan fingerprint density at radius 3 is 2.60 bits per heavy atom. The van der Waals surface area contributed by atoms with Gasteiger partial charge in [-0.1, -0.05) is 0 Å². The summed E-state index contributed by atoms with van der Waals surface area (Å²) in [5, 5.41) is 10.5. The fraction of sp³-hybridized carbons (Fsp3) is 0.364. The lowest BCUT2D eigenvalue weighted by Gasteiger charge is -2.15. The number of tetrazole rings is 1. The molecule has 0 amide bonds. The molecule has 0 aliphatic heterocycles. The van der Waals surface area contributed by atoms with Crippen molar-refractivity contribution < 1.29 is 17.6 Å². The summed E-state index contributed by atoms with van der Waals surface area (Å²) in [5.41, 5.74) is 5.86. The molecule has 0 aliphatic carbocycles. The monoisotopic (exact) mass is 289 g/mol. The SMILES string of the molecule is CC(CC(F)(F)F)n1nnnc1-c1cc(N)cc(F)c1. The first-order chi connectivity index (χ1) is 9.26. The molecule has 0 aliphatic rings. The number of hydrogen-bond donors (Lipinski definition) is 1. The Morgan fingerprint density at radius 1 is 1.30 bits per heavy atom. The summed E-state index contributed by atoms with van der Waals surface area (Å²) in [7, 11) is 0. The summed E-state index contributed by atoms with van der Waals surface area (Å²) in [4.78, 5) is 0. The van der Waals surface area contributed by atoms with Gasteiger partial charge in [0.05, 0.1) is 12.5 Å². The van der Waals surface area contributed by atoms with E-state index in [1.165, 1.54) is 13.0 Å². The lowest BCUT2D eigenvalue weighted by molar-refractivity contribution is -0.142. The molecule has 5 nitrogen and oxygen atoms in total. The molecule has 0 saturated carbocycles. The molecule has 9 heteroatoms. The van der Waals surface area contributed by atoms with Crippen molar-refractivity contribution in [3.8, 4) is 11.4 Å². The van der Waals surface area contributed by atoms with E-state index in [0.29, 0.717) is 0 Å². The zero-order valence-corrected chi connectivity index (χ0v) is 10.4. The van der Waals surface area contributed by atoms with Gasteiger partial charge in [0.15, 0.2) is 5.82 Å². The van der Waals surface area contributed by atoms with Gasteiger partial charge in [0.1, 0.15) is 5.82 Å². The number of benzene rings is 1. The molecule has 1 atom stereocenters. The molecule has 2 aromatic rings. The van der Waals surface area contributed by atoms with E-state index in [1.807, 2.05) is 0 Å². The lowest BCUT2D eigenvalue weighted by atomic mass is 10.1. The number of rotatable bonds is 3. The molecular formula is C11H11F4N5. The number of nitrogen functional groups attached to an aromatic ring is 1. The van der Waals surface area contributed by atoms with Gasteiger partial charge in [-0.25, -0.2) is 9.07 Å². The molecule has 2 N–H and O–H groups in total. The molecule has 1 aromatic carbocycles. The summed E-state index contributed by atoms with van der Waals surface area (Å²) in [6, 6.07) is 2.59. The van der Waals surface area contributed by atoms with Gasteiger partial charge < -0.3 is 5.73 Å². The van der Waals surface area contributed by atoms with Crippen LogP contribution in [0.5, 0.6) is 0 Å². The number of alkyl halides is 3. The summed E-state index contributed by atoms with van der Waals surface area (Å²) in [6.45, 7) is 1.33. The third-order valence-electron chi connectivity index (χ3n) is 2.62. The maximum Gasteiger partial charge on any atom is 0.391 e. The smallest absolute Gasteiger partial charge is 0.391 e. The third kappa shape index (κ3) is 3.22. The maximum atomic E-state index is 13.3. The van der Waals surface area contributed by atoms with E-state index in [1.54, 1.807) is 0 Å². The van der Waals surface area contributed by atoms with Gasteiger partial charge in [-0.2, -0.15) is 13.2 Å². The van der Waals surface area contributed by atoms with Crippen molar-refractivity contribution in [2.75, 3.05) is 5.73 Å². The number of nitrogens with two attached hydrogens (primary N) is 1. The predicted octanol–water partition coefficient (Wildman–Crippen LogP) is 2.57. The molecule has 0 spiro atoms. The Bertz CT molecular complexity index is 587. The van der Waals surface area contributed by atoms with Gasteiger partial charge in [0.2, 0.25) is 0 Å². The van der Waals surface area contributed by atoms with Crippen molar-refractivity contribution >= 4 is 5.69 Å². The highest BCUT2D eigenvalue weighted by atomic mass is 19.4. The van der Waals surface area contributed by atoms with Crippen LogP contribution in [0.25, 0.3) is 11.4 Å². The zero-order chi connectivity index (χ0) is 14.9. The summed E-state index contributed by atoms with van der Waals surface area (Å²) >= 11 is 0. The van der Waals surface area contributed by atoms with Crippen molar-refractivity contribution in [2.24, 2.45) is 0 Å². The van der Waals surface area contributed by atoms with E-state index in [-0.39, 0.29) is 17.1 Å². The molecule has 2 rings (SSSR count). The first kappa shape index (κ1) is 14.2. The topological polar surface area (TPSA) is 69.6 Å². The van der Waals surface area contributed by atoms with Crippen LogP contribution in [0.3, 0.4) is 0 Å². The second kappa shape index (κ2) is 5.06. The fourth-order valence-electron chi connectivity index (χ4n) is 1.84. The summed E-state index contributed by atoms with van der Waals surface area (Å²) in [5.74, 6) is -0.578. The van der Waals surface area contributed by atoms with Crippen LogP contribution in [-0.4, -0.2) is 26.4 Å². The summed E-state index contributed by atoms with van der Waals surface area (Å²) < 4.78 is 51.5. The Morgan fingerprint density at radius 2 is 2.00 bits per heavy atom. The van der Waals surface area contributed by atoms with Crippen LogP contribution in [0.2, 0.25) is 0 Å². The number of aromatic nitrogens is 4. The van der Waals surface area contributed by atoms with Gasteiger partial charge in [0.25, 0.3) is 0 Å². The fourth-order valence-corrected chi connectivity index (χ4v) is 1.84. The molecule has 108 valence electrons. The number of nitrogens with zero attached hydrogens (tertiary/aromatic N) is 4. The Balaban J connectivity index is 2.37. The van der Waals surface area contributed by atoms with Crippen LogP contribution >= 0.6 is 0 Å². The van der Waals surface area contributed by atoms with Crippen LogP contribution in [0.1, 0.15) is 19.4 Å².